The molecular formula is C21H26N4O3. The second-order valence-electron chi connectivity index (χ2n) is 8.76. The number of carbonyl (C=O) groups excluding carboxylic acids is 3. The van der Waals surface area contributed by atoms with Gasteiger partial charge >= 0.3 is 0 Å². The van der Waals surface area contributed by atoms with Gasteiger partial charge < -0.3 is 10.6 Å². The molecule has 1 aromatic carbocycles. The number of nitrogens with one attached hydrogen (secondary N) is 1. The van der Waals surface area contributed by atoms with Crippen molar-refractivity contribution in [2.24, 2.45) is 17.6 Å². The maximum atomic E-state index is 12.8. The lowest BCUT2D eigenvalue weighted by Gasteiger charge is -2.36. The van der Waals surface area contributed by atoms with Gasteiger partial charge in [-0.2, -0.15) is 0 Å². The standard InChI is InChI=1S/C21H26N4O3/c22-19-13-2-3-14(19)10-24(9-13)8-12-1-4-16-15(7-12)11-25(21(16)28)17-5-6-18(26)23-20(17)27/h1,4,7,13-14,17,19H,2-3,5-6,8-11,22H2,(H,23,26,27). The Kier molecular flexibility index (Phi) is 4.25. The number of fused-ring (bicyclic) bond motifs is 3. The molecule has 1 saturated carbocycles. The van der Waals surface area contributed by atoms with E-state index in [0.29, 0.717) is 36.4 Å². The molecular weight excluding hydrogens is 356 g/mol. The molecule has 2 saturated heterocycles. The van der Waals surface area contributed by atoms with Gasteiger partial charge in [-0.25, -0.2) is 0 Å². The molecule has 3 N–H and O–H groups in total. The van der Waals surface area contributed by atoms with Crippen molar-refractivity contribution in [2.45, 2.75) is 50.9 Å². The Morgan fingerprint density at radius 3 is 2.54 bits per heavy atom. The summed E-state index contributed by atoms with van der Waals surface area (Å²) in [6, 6.07) is 5.83. The van der Waals surface area contributed by atoms with Crippen LogP contribution < -0.4 is 11.1 Å². The quantitative estimate of drug-likeness (QED) is 0.747. The lowest BCUT2D eigenvalue weighted by atomic mass is 9.92. The first-order valence-corrected chi connectivity index (χ1v) is 10.2. The molecule has 3 aliphatic heterocycles. The number of likely N-dealkylation sites (tertiary alicyclic amines) is 1. The highest BCUT2D eigenvalue weighted by Crippen LogP contribution is 2.36. The minimum Gasteiger partial charge on any atom is -0.327 e. The number of benzene rings is 1. The Morgan fingerprint density at radius 2 is 1.82 bits per heavy atom. The molecule has 5 rings (SSSR count). The Hall–Kier alpha value is -2.25. The van der Waals surface area contributed by atoms with Crippen molar-refractivity contribution < 1.29 is 14.4 Å². The number of imide groups is 1. The van der Waals surface area contributed by atoms with E-state index in [1.807, 2.05) is 12.1 Å². The van der Waals surface area contributed by atoms with Crippen LogP contribution in [-0.4, -0.2) is 52.7 Å². The zero-order chi connectivity index (χ0) is 19.4. The van der Waals surface area contributed by atoms with Gasteiger partial charge in [0, 0.05) is 44.2 Å². The van der Waals surface area contributed by atoms with Gasteiger partial charge in [-0.15, -0.1) is 0 Å². The van der Waals surface area contributed by atoms with E-state index in [1.165, 1.54) is 18.4 Å². The summed E-state index contributed by atoms with van der Waals surface area (Å²) in [5.74, 6) is 0.481. The van der Waals surface area contributed by atoms with Crippen molar-refractivity contribution in [3.05, 3.63) is 34.9 Å². The van der Waals surface area contributed by atoms with Crippen molar-refractivity contribution in [2.75, 3.05) is 13.1 Å². The Labute approximate surface area is 164 Å². The minimum atomic E-state index is -0.555. The first kappa shape index (κ1) is 17.8. The van der Waals surface area contributed by atoms with E-state index < -0.39 is 6.04 Å². The predicted octanol–water partition coefficient (Wildman–Crippen LogP) is 0.617. The molecule has 2 bridgehead atoms. The summed E-state index contributed by atoms with van der Waals surface area (Å²) < 4.78 is 0. The largest absolute Gasteiger partial charge is 0.327 e. The number of piperidine rings is 2. The molecule has 3 heterocycles. The third-order valence-electron chi connectivity index (χ3n) is 6.98. The predicted molar refractivity (Wildman–Crippen MR) is 102 cm³/mol. The van der Waals surface area contributed by atoms with Gasteiger partial charge in [-0.1, -0.05) is 12.1 Å². The SMILES string of the molecule is NC1C2CCC1CN(Cc1ccc3c(c1)CN(C1CCC(=O)NC1=O)C3=O)C2. The summed E-state index contributed by atoms with van der Waals surface area (Å²) in [6.07, 6.45) is 3.15. The maximum Gasteiger partial charge on any atom is 0.255 e. The zero-order valence-electron chi connectivity index (χ0n) is 15.9. The van der Waals surface area contributed by atoms with Crippen LogP contribution in [0.25, 0.3) is 0 Å². The van der Waals surface area contributed by atoms with Gasteiger partial charge in [0.15, 0.2) is 0 Å². The van der Waals surface area contributed by atoms with Gasteiger partial charge in [0.25, 0.3) is 5.91 Å². The molecule has 3 atom stereocenters. The first-order valence-electron chi connectivity index (χ1n) is 10.2. The number of rotatable bonds is 3. The van der Waals surface area contributed by atoms with Crippen LogP contribution in [-0.2, 0) is 22.7 Å². The molecule has 4 aliphatic rings. The van der Waals surface area contributed by atoms with Crippen LogP contribution in [0.5, 0.6) is 0 Å². The highest BCUT2D eigenvalue weighted by Gasteiger charge is 2.41. The number of hydrogen-bond donors (Lipinski definition) is 2. The summed E-state index contributed by atoms with van der Waals surface area (Å²) in [7, 11) is 0. The van der Waals surface area contributed by atoms with Gasteiger partial charge in [0.1, 0.15) is 6.04 Å². The zero-order valence-corrected chi connectivity index (χ0v) is 15.9. The normalized spacial score (nSPS) is 32.6. The van der Waals surface area contributed by atoms with Crippen molar-refractivity contribution in [1.29, 1.82) is 0 Å². The number of amides is 3. The topological polar surface area (TPSA) is 95.7 Å². The lowest BCUT2D eigenvalue weighted by Crippen LogP contribution is -2.52. The van der Waals surface area contributed by atoms with Gasteiger partial charge in [-0.05, 0) is 48.3 Å². The number of nitrogens with zero attached hydrogens (tertiary/aromatic N) is 2. The van der Waals surface area contributed by atoms with E-state index in [0.717, 1.165) is 25.2 Å². The van der Waals surface area contributed by atoms with Gasteiger partial charge in [-0.3, -0.25) is 24.6 Å². The van der Waals surface area contributed by atoms with Crippen molar-refractivity contribution in [3.63, 3.8) is 0 Å². The van der Waals surface area contributed by atoms with Crippen LogP contribution in [0, 0.1) is 11.8 Å². The molecule has 3 fully saturated rings. The fourth-order valence-electron chi connectivity index (χ4n) is 5.48. The summed E-state index contributed by atoms with van der Waals surface area (Å²) in [5.41, 5.74) is 9.16. The Balaban J connectivity index is 1.29. The Bertz CT molecular complexity index is 840. The van der Waals surface area contributed by atoms with E-state index in [1.54, 1.807) is 4.90 Å². The maximum absolute atomic E-state index is 12.8. The molecule has 0 spiro atoms. The minimum absolute atomic E-state index is 0.113. The average molecular weight is 382 g/mol. The van der Waals surface area contributed by atoms with E-state index in [4.69, 9.17) is 5.73 Å². The van der Waals surface area contributed by atoms with Crippen molar-refractivity contribution >= 4 is 17.7 Å². The van der Waals surface area contributed by atoms with Gasteiger partial charge in [0.05, 0.1) is 0 Å². The number of hydrogen-bond acceptors (Lipinski definition) is 5. The highest BCUT2D eigenvalue weighted by molar-refractivity contribution is 6.05. The summed E-state index contributed by atoms with van der Waals surface area (Å²) in [4.78, 5) is 40.4. The van der Waals surface area contributed by atoms with Crippen LogP contribution >= 0.6 is 0 Å². The molecule has 0 radical (unpaired) electrons. The smallest absolute Gasteiger partial charge is 0.255 e. The molecule has 3 amide bonds. The molecule has 1 aromatic rings. The van der Waals surface area contributed by atoms with E-state index in [2.05, 4.69) is 16.3 Å². The van der Waals surface area contributed by atoms with Crippen molar-refractivity contribution in [3.8, 4) is 0 Å². The van der Waals surface area contributed by atoms with Crippen LogP contribution in [0.3, 0.4) is 0 Å². The molecule has 3 unspecified atom stereocenters. The van der Waals surface area contributed by atoms with Crippen LogP contribution in [0.1, 0.15) is 47.2 Å². The second kappa shape index (κ2) is 6.67. The molecule has 7 nitrogen and oxygen atoms in total. The highest BCUT2D eigenvalue weighted by atomic mass is 16.2. The Morgan fingerprint density at radius 1 is 1.07 bits per heavy atom. The monoisotopic (exact) mass is 382 g/mol. The average Bonchev–Trinajstić information content (AvgIpc) is 3.06. The molecule has 1 aliphatic carbocycles. The summed E-state index contributed by atoms with van der Waals surface area (Å²) >= 11 is 0. The van der Waals surface area contributed by atoms with E-state index >= 15 is 0 Å². The summed E-state index contributed by atoms with van der Waals surface area (Å²) in [6.45, 7) is 3.41. The first-order chi connectivity index (χ1) is 13.5. The van der Waals surface area contributed by atoms with Crippen LogP contribution in [0.2, 0.25) is 0 Å². The van der Waals surface area contributed by atoms with Gasteiger partial charge in [0.2, 0.25) is 11.8 Å². The lowest BCUT2D eigenvalue weighted by molar-refractivity contribution is -0.136. The number of nitrogens with two attached hydrogens (primary N) is 1. The molecule has 0 aromatic heterocycles. The van der Waals surface area contributed by atoms with Crippen LogP contribution in [0.15, 0.2) is 18.2 Å². The van der Waals surface area contributed by atoms with E-state index in [9.17, 15) is 14.4 Å². The van der Waals surface area contributed by atoms with Crippen molar-refractivity contribution in [1.82, 2.24) is 15.1 Å². The number of carbonyl (C=O) groups is 3. The third-order valence-corrected chi connectivity index (χ3v) is 6.98. The third kappa shape index (κ3) is 2.93. The fraction of sp³-hybridized carbons (Fsp3) is 0.571. The molecule has 28 heavy (non-hydrogen) atoms. The molecule has 7 heteroatoms. The van der Waals surface area contributed by atoms with E-state index in [-0.39, 0.29) is 24.1 Å². The van der Waals surface area contributed by atoms with Crippen LogP contribution in [0.4, 0.5) is 0 Å². The summed E-state index contributed by atoms with van der Waals surface area (Å²) in [5, 5.41) is 2.35. The fourth-order valence-corrected chi connectivity index (χ4v) is 5.48. The molecule has 148 valence electrons. The second-order valence-corrected chi connectivity index (χ2v) is 8.76.